The highest BCUT2D eigenvalue weighted by atomic mass is 16.5. The van der Waals surface area contributed by atoms with Crippen molar-refractivity contribution in [2.24, 2.45) is 0 Å². The maximum atomic E-state index is 11.8. The van der Waals surface area contributed by atoms with Gasteiger partial charge < -0.3 is 15.2 Å². The Morgan fingerprint density at radius 2 is 1.94 bits per heavy atom. The van der Waals surface area contributed by atoms with Crippen LogP contribution in [0, 0.1) is 0 Å². The van der Waals surface area contributed by atoms with Crippen molar-refractivity contribution in [2.75, 3.05) is 13.7 Å². The minimum absolute atomic E-state index is 0.0398. The minimum Gasteiger partial charge on any atom is -0.479 e. The van der Waals surface area contributed by atoms with Crippen molar-refractivity contribution in [2.45, 2.75) is 18.9 Å². The van der Waals surface area contributed by atoms with Gasteiger partial charge in [0, 0.05) is 7.11 Å². The van der Waals surface area contributed by atoms with Gasteiger partial charge in [-0.1, -0.05) is 30.3 Å². The Balaban J connectivity index is 2.53. The third kappa shape index (κ3) is 3.85. The fourth-order valence-corrected chi connectivity index (χ4v) is 1.51. The Kier molecular flexibility index (Phi) is 5.32. The summed E-state index contributed by atoms with van der Waals surface area (Å²) < 4.78 is 4.73. The van der Waals surface area contributed by atoms with Crippen LogP contribution in [0.3, 0.4) is 0 Å². The summed E-state index contributed by atoms with van der Waals surface area (Å²) in [7, 11) is 1.30. The van der Waals surface area contributed by atoms with E-state index in [1.807, 2.05) is 30.3 Å². The number of methoxy groups -OCH3 is 1. The van der Waals surface area contributed by atoms with Crippen LogP contribution in [0.25, 0.3) is 0 Å². The number of rotatable bonds is 6. The van der Waals surface area contributed by atoms with Crippen LogP contribution in [0.1, 0.15) is 18.4 Å². The maximum absolute atomic E-state index is 11.8. The van der Waals surface area contributed by atoms with Gasteiger partial charge in [-0.15, -0.1) is 0 Å². The van der Waals surface area contributed by atoms with Crippen molar-refractivity contribution in [3.8, 4) is 0 Å². The standard InChI is InChI=1S/C13H17NO4/c1-9(10-6-4-3-5-7-10)12(15)14-8-11(18-2)13(16)17/h3-7,9,11H,8H2,1-2H3,(H,14,15)(H,16,17). The predicted octanol–water partition coefficient (Wildman–Crippen LogP) is 1.01. The van der Waals surface area contributed by atoms with Gasteiger partial charge in [-0.3, -0.25) is 4.79 Å². The smallest absolute Gasteiger partial charge is 0.334 e. The normalized spacial score (nSPS) is 13.7. The largest absolute Gasteiger partial charge is 0.479 e. The quantitative estimate of drug-likeness (QED) is 0.791. The summed E-state index contributed by atoms with van der Waals surface area (Å²) in [6, 6.07) is 9.30. The first-order chi connectivity index (χ1) is 8.56. The van der Waals surface area contributed by atoms with Gasteiger partial charge in [0.2, 0.25) is 5.91 Å². The summed E-state index contributed by atoms with van der Waals surface area (Å²) in [6.07, 6.45) is -1.02. The molecular weight excluding hydrogens is 234 g/mol. The monoisotopic (exact) mass is 251 g/mol. The van der Waals surface area contributed by atoms with Gasteiger partial charge in [0.25, 0.3) is 0 Å². The van der Waals surface area contributed by atoms with Crippen LogP contribution in [-0.4, -0.2) is 36.7 Å². The zero-order valence-corrected chi connectivity index (χ0v) is 10.4. The molecule has 5 nitrogen and oxygen atoms in total. The zero-order valence-electron chi connectivity index (χ0n) is 10.4. The van der Waals surface area contributed by atoms with Crippen LogP contribution in [0.4, 0.5) is 0 Å². The summed E-state index contributed by atoms with van der Waals surface area (Å²) in [4.78, 5) is 22.5. The van der Waals surface area contributed by atoms with Crippen LogP contribution in [0.2, 0.25) is 0 Å². The molecule has 0 saturated heterocycles. The SMILES string of the molecule is COC(CNC(=O)C(C)c1ccccc1)C(=O)O. The van der Waals surface area contributed by atoms with Gasteiger partial charge in [-0.05, 0) is 12.5 Å². The van der Waals surface area contributed by atoms with Gasteiger partial charge in [0.05, 0.1) is 12.5 Å². The lowest BCUT2D eigenvalue weighted by atomic mass is 10.0. The first kappa shape index (κ1) is 14.2. The van der Waals surface area contributed by atoms with Gasteiger partial charge >= 0.3 is 5.97 Å². The Hall–Kier alpha value is -1.88. The molecule has 0 saturated carbocycles. The number of carboxylic acids is 1. The number of hydrogen-bond acceptors (Lipinski definition) is 3. The third-order valence-corrected chi connectivity index (χ3v) is 2.71. The van der Waals surface area contributed by atoms with Crippen LogP contribution in [0.5, 0.6) is 0 Å². The lowest BCUT2D eigenvalue weighted by Crippen LogP contribution is -2.39. The van der Waals surface area contributed by atoms with Crippen molar-refractivity contribution in [1.82, 2.24) is 5.32 Å². The molecule has 18 heavy (non-hydrogen) atoms. The van der Waals surface area contributed by atoms with Crippen molar-refractivity contribution in [3.63, 3.8) is 0 Å². The molecule has 2 atom stereocenters. The number of aliphatic carboxylic acids is 1. The third-order valence-electron chi connectivity index (χ3n) is 2.71. The summed E-state index contributed by atoms with van der Waals surface area (Å²) in [5.74, 6) is -1.63. The second-order valence-corrected chi connectivity index (χ2v) is 3.94. The fraction of sp³-hybridized carbons (Fsp3) is 0.385. The lowest BCUT2D eigenvalue weighted by Gasteiger charge is -2.15. The topological polar surface area (TPSA) is 75.6 Å². The van der Waals surface area contributed by atoms with Crippen molar-refractivity contribution < 1.29 is 19.4 Å². The van der Waals surface area contributed by atoms with E-state index >= 15 is 0 Å². The molecule has 1 amide bonds. The van der Waals surface area contributed by atoms with E-state index in [2.05, 4.69) is 5.32 Å². The molecule has 1 aromatic rings. The van der Waals surface area contributed by atoms with Gasteiger partial charge in [-0.2, -0.15) is 0 Å². The van der Waals surface area contributed by atoms with E-state index in [1.165, 1.54) is 7.11 Å². The van der Waals surface area contributed by atoms with E-state index in [4.69, 9.17) is 9.84 Å². The van der Waals surface area contributed by atoms with Gasteiger partial charge in [-0.25, -0.2) is 4.79 Å². The first-order valence-corrected chi connectivity index (χ1v) is 5.64. The summed E-state index contributed by atoms with van der Waals surface area (Å²) >= 11 is 0. The van der Waals surface area contributed by atoms with Gasteiger partial charge in [0.15, 0.2) is 6.10 Å². The zero-order chi connectivity index (χ0) is 13.5. The van der Waals surface area contributed by atoms with Crippen LogP contribution in [-0.2, 0) is 14.3 Å². The first-order valence-electron chi connectivity index (χ1n) is 5.64. The number of carboxylic acid groups (broad SMARTS) is 1. The lowest BCUT2D eigenvalue weighted by molar-refractivity contribution is -0.148. The Morgan fingerprint density at radius 1 is 1.33 bits per heavy atom. The summed E-state index contributed by atoms with van der Waals surface area (Å²) in [6.45, 7) is 1.73. The molecule has 0 aliphatic rings. The molecule has 98 valence electrons. The van der Waals surface area contributed by atoms with E-state index in [0.717, 1.165) is 5.56 Å². The van der Waals surface area contributed by atoms with Crippen molar-refractivity contribution in [3.05, 3.63) is 35.9 Å². The molecule has 2 N–H and O–H groups in total. The second-order valence-electron chi connectivity index (χ2n) is 3.94. The maximum Gasteiger partial charge on any atom is 0.334 e. The van der Waals surface area contributed by atoms with Crippen molar-refractivity contribution >= 4 is 11.9 Å². The molecule has 0 aliphatic carbocycles. The molecule has 1 aromatic carbocycles. The minimum atomic E-state index is -1.09. The molecule has 2 unspecified atom stereocenters. The Bertz CT molecular complexity index is 405. The average molecular weight is 251 g/mol. The molecule has 0 spiro atoms. The van der Waals surface area contributed by atoms with E-state index in [9.17, 15) is 9.59 Å². The number of benzene rings is 1. The molecular formula is C13H17NO4. The Morgan fingerprint density at radius 3 is 2.44 bits per heavy atom. The fourth-order valence-electron chi connectivity index (χ4n) is 1.51. The highest BCUT2D eigenvalue weighted by molar-refractivity contribution is 5.84. The number of carbonyl (C=O) groups is 2. The predicted molar refractivity (Wildman–Crippen MR) is 66.3 cm³/mol. The van der Waals surface area contributed by atoms with Crippen LogP contribution < -0.4 is 5.32 Å². The molecule has 0 bridgehead atoms. The number of carbonyl (C=O) groups excluding carboxylic acids is 1. The Labute approximate surface area is 106 Å². The molecule has 0 radical (unpaired) electrons. The summed E-state index contributed by atoms with van der Waals surface area (Å²) in [5, 5.41) is 11.3. The van der Waals surface area contributed by atoms with E-state index in [-0.39, 0.29) is 18.4 Å². The van der Waals surface area contributed by atoms with Crippen LogP contribution >= 0.6 is 0 Å². The molecule has 0 heterocycles. The van der Waals surface area contributed by atoms with Gasteiger partial charge in [0.1, 0.15) is 0 Å². The summed E-state index contributed by atoms with van der Waals surface area (Å²) in [5.41, 5.74) is 0.888. The molecule has 1 rings (SSSR count). The highest BCUT2D eigenvalue weighted by Crippen LogP contribution is 2.14. The average Bonchev–Trinajstić information content (AvgIpc) is 2.39. The van der Waals surface area contributed by atoms with E-state index in [0.29, 0.717) is 0 Å². The molecule has 5 heteroatoms. The number of nitrogens with one attached hydrogen (secondary N) is 1. The number of hydrogen-bond donors (Lipinski definition) is 2. The number of ether oxygens (including phenoxy) is 1. The van der Waals surface area contributed by atoms with E-state index in [1.54, 1.807) is 6.92 Å². The van der Waals surface area contributed by atoms with E-state index < -0.39 is 12.1 Å². The molecule has 0 fully saturated rings. The highest BCUT2D eigenvalue weighted by Gasteiger charge is 2.20. The number of amides is 1. The molecule has 0 aliphatic heterocycles. The van der Waals surface area contributed by atoms with Crippen LogP contribution in [0.15, 0.2) is 30.3 Å². The van der Waals surface area contributed by atoms with Crippen molar-refractivity contribution in [1.29, 1.82) is 0 Å². The second kappa shape index (κ2) is 6.76. The molecule has 0 aromatic heterocycles.